The molecule has 2 amide bonds. The summed E-state index contributed by atoms with van der Waals surface area (Å²) in [6.45, 7) is 0.744. The molecule has 6 nitrogen and oxygen atoms in total. The molecule has 0 spiro atoms. The molecule has 0 aromatic heterocycles. The highest BCUT2D eigenvalue weighted by molar-refractivity contribution is 5.90. The van der Waals surface area contributed by atoms with E-state index in [1.54, 1.807) is 6.07 Å². The second-order valence-electron chi connectivity index (χ2n) is 6.43. The molecule has 4 N–H and O–H groups in total. The summed E-state index contributed by atoms with van der Waals surface area (Å²) in [5.41, 5.74) is 1.02. The number of carboxylic acids is 1. The van der Waals surface area contributed by atoms with Gasteiger partial charge < -0.3 is 20.8 Å². The normalized spacial score (nSPS) is 12.8. The molecule has 138 valence electrons. The number of amides is 2. The summed E-state index contributed by atoms with van der Waals surface area (Å²) in [7, 11) is 0. The number of rotatable bonds is 8. The van der Waals surface area contributed by atoms with E-state index in [1.807, 2.05) is 36.4 Å². The third kappa shape index (κ3) is 6.22. The third-order valence-corrected chi connectivity index (χ3v) is 4.01. The number of aryl methyl sites for hydroxylation is 2. The van der Waals surface area contributed by atoms with E-state index in [0.29, 0.717) is 5.69 Å². The molecule has 0 aliphatic carbocycles. The number of urea groups is 1. The molecule has 6 heteroatoms. The van der Waals surface area contributed by atoms with Crippen molar-refractivity contribution in [1.29, 1.82) is 0 Å². The monoisotopic (exact) mass is 356 g/mol. The number of aliphatic hydroxyl groups is 1. The van der Waals surface area contributed by atoms with Gasteiger partial charge in [-0.3, -0.25) is 0 Å². The zero-order valence-electron chi connectivity index (χ0n) is 14.7. The Morgan fingerprint density at radius 1 is 1.00 bits per heavy atom. The molecular formula is C20H24N2O4. The summed E-state index contributed by atoms with van der Waals surface area (Å²) in [6.07, 6.45) is 2.88. The van der Waals surface area contributed by atoms with Crippen molar-refractivity contribution < 1.29 is 19.8 Å². The standard InChI is InChI=1S/C20H24N2O4/c1-20(26,18(23)24)14-21-19(25)22-17-12-6-11-16(13-17)10-5-9-15-7-3-2-4-8-15/h2-4,6-8,11-13,26H,5,9-10,14H2,1H3,(H,23,24)(H2,21,22,25). The Kier molecular flexibility index (Phi) is 6.74. The number of carboxylic acid groups (broad SMARTS) is 1. The van der Waals surface area contributed by atoms with Gasteiger partial charge in [0.2, 0.25) is 0 Å². The quantitative estimate of drug-likeness (QED) is 0.584. The van der Waals surface area contributed by atoms with Crippen LogP contribution in [0.15, 0.2) is 54.6 Å². The van der Waals surface area contributed by atoms with Crippen LogP contribution in [0, 0.1) is 0 Å². The van der Waals surface area contributed by atoms with E-state index in [1.165, 1.54) is 5.56 Å². The first kappa shape index (κ1) is 19.5. The Morgan fingerprint density at radius 2 is 1.65 bits per heavy atom. The van der Waals surface area contributed by atoms with Crippen LogP contribution in [0.1, 0.15) is 24.5 Å². The Balaban J connectivity index is 1.82. The fourth-order valence-corrected chi connectivity index (χ4v) is 2.45. The lowest BCUT2D eigenvalue weighted by Crippen LogP contribution is -2.47. The maximum atomic E-state index is 11.9. The summed E-state index contributed by atoms with van der Waals surface area (Å²) in [5, 5.41) is 23.4. The highest BCUT2D eigenvalue weighted by atomic mass is 16.4. The topological polar surface area (TPSA) is 98.7 Å². The van der Waals surface area contributed by atoms with Crippen molar-refractivity contribution in [1.82, 2.24) is 5.32 Å². The molecule has 2 aromatic rings. The van der Waals surface area contributed by atoms with Crippen molar-refractivity contribution >= 4 is 17.7 Å². The molecule has 0 aliphatic rings. The first-order chi connectivity index (χ1) is 12.4. The van der Waals surface area contributed by atoms with E-state index in [-0.39, 0.29) is 6.54 Å². The van der Waals surface area contributed by atoms with Crippen LogP contribution in [0.5, 0.6) is 0 Å². The van der Waals surface area contributed by atoms with Gasteiger partial charge in [0, 0.05) is 5.69 Å². The summed E-state index contributed by atoms with van der Waals surface area (Å²) in [5.74, 6) is -1.39. The number of anilines is 1. The van der Waals surface area contributed by atoms with Crippen molar-refractivity contribution in [3.8, 4) is 0 Å². The highest BCUT2D eigenvalue weighted by Gasteiger charge is 2.30. The molecule has 0 heterocycles. The summed E-state index contributed by atoms with van der Waals surface area (Å²) >= 11 is 0. The van der Waals surface area contributed by atoms with Gasteiger partial charge in [-0.05, 0) is 49.4 Å². The molecule has 2 rings (SSSR count). The van der Waals surface area contributed by atoms with Gasteiger partial charge >= 0.3 is 12.0 Å². The Hall–Kier alpha value is -2.86. The fourth-order valence-electron chi connectivity index (χ4n) is 2.45. The van der Waals surface area contributed by atoms with Crippen LogP contribution in [0.3, 0.4) is 0 Å². The Morgan fingerprint density at radius 3 is 2.35 bits per heavy atom. The van der Waals surface area contributed by atoms with Gasteiger partial charge in [-0.15, -0.1) is 0 Å². The average molecular weight is 356 g/mol. The molecule has 0 saturated heterocycles. The fraction of sp³-hybridized carbons (Fsp3) is 0.300. The maximum Gasteiger partial charge on any atom is 0.337 e. The molecule has 0 aliphatic heterocycles. The van der Waals surface area contributed by atoms with Crippen molar-refractivity contribution in [3.05, 3.63) is 65.7 Å². The number of hydrogen-bond acceptors (Lipinski definition) is 3. The van der Waals surface area contributed by atoms with E-state index >= 15 is 0 Å². The van der Waals surface area contributed by atoms with Crippen LogP contribution < -0.4 is 10.6 Å². The first-order valence-electron chi connectivity index (χ1n) is 8.50. The number of carbonyl (C=O) groups excluding carboxylic acids is 1. The van der Waals surface area contributed by atoms with Crippen LogP contribution >= 0.6 is 0 Å². The van der Waals surface area contributed by atoms with Gasteiger partial charge in [0.05, 0.1) is 6.54 Å². The lowest BCUT2D eigenvalue weighted by Gasteiger charge is -2.18. The van der Waals surface area contributed by atoms with Crippen LogP contribution in [0.4, 0.5) is 10.5 Å². The van der Waals surface area contributed by atoms with Crippen molar-refractivity contribution in [2.24, 2.45) is 0 Å². The number of nitrogens with one attached hydrogen (secondary N) is 2. The molecular weight excluding hydrogens is 332 g/mol. The molecule has 0 radical (unpaired) electrons. The predicted molar refractivity (Wildman–Crippen MR) is 100 cm³/mol. The van der Waals surface area contributed by atoms with Gasteiger partial charge in [0.25, 0.3) is 0 Å². The summed E-state index contributed by atoms with van der Waals surface area (Å²) in [4.78, 5) is 22.7. The second-order valence-corrected chi connectivity index (χ2v) is 6.43. The summed E-state index contributed by atoms with van der Waals surface area (Å²) in [6, 6.07) is 17.2. The first-order valence-corrected chi connectivity index (χ1v) is 8.50. The van der Waals surface area contributed by atoms with Crippen LogP contribution in [0.2, 0.25) is 0 Å². The predicted octanol–water partition coefficient (Wildman–Crippen LogP) is 2.82. The molecule has 0 fully saturated rings. The number of benzene rings is 2. The lowest BCUT2D eigenvalue weighted by atomic mass is 10.0. The number of carbonyl (C=O) groups is 2. The van der Waals surface area contributed by atoms with E-state index in [2.05, 4.69) is 22.8 Å². The van der Waals surface area contributed by atoms with Crippen molar-refractivity contribution in [3.63, 3.8) is 0 Å². The van der Waals surface area contributed by atoms with Gasteiger partial charge in [-0.1, -0.05) is 42.5 Å². The minimum atomic E-state index is -2.00. The maximum absolute atomic E-state index is 11.9. The van der Waals surface area contributed by atoms with Crippen molar-refractivity contribution in [2.75, 3.05) is 11.9 Å². The molecule has 26 heavy (non-hydrogen) atoms. The largest absolute Gasteiger partial charge is 0.479 e. The zero-order valence-corrected chi connectivity index (χ0v) is 14.7. The van der Waals surface area contributed by atoms with Crippen LogP contribution in [0.25, 0.3) is 0 Å². The van der Waals surface area contributed by atoms with Crippen molar-refractivity contribution in [2.45, 2.75) is 31.8 Å². The smallest absolute Gasteiger partial charge is 0.337 e. The molecule has 1 unspecified atom stereocenters. The zero-order chi connectivity index (χ0) is 19.0. The molecule has 0 saturated carbocycles. The van der Waals surface area contributed by atoms with E-state index in [4.69, 9.17) is 5.11 Å². The number of aliphatic carboxylic acids is 1. The molecule has 1 atom stereocenters. The molecule has 2 aromatic carbocycles. The molecule has 0 bridgehead atoms. The van der Waals surface area contributed by atoms with Gasteiger partial charge in [0.15, 0.2) is 5.60 Å². The average Bonchev–Trinajstić information content (AvgIpc) is 2.61. The van der Waals surface area contributed by atoms with E-state index in [0.717, 1.165) is 31.7 Å². The van der Waals surface area contributed by atoms with Gasteiger partial charge in [-0.2, -0.15) is 0 Å². The van der Waals surface area contributed by atoms with Gasteiger partial charge in [-0.25, -0.2) is 9.59 Å². The minimum absolute atomic E-state index is 0.384. The van der Waals surface area contributed by atoms with E-state index in [9.17, 15) is 14.7 Å². The van der Waals surface area contributed by atoms with Gasteiger partial charge in [0.1, 0.15) is 0 Å². The van der Waals surface area contributed by atoms with Crippen LogP contribution in [-0.4, -0.2) is 34.4 Å². The number of hydrogen-bond donors (Lipinski definition) is 4. The lowest BCUT2D eigenvalue weighted by molar-refractivity contribution is -0.155. The highest BCUT2D eigenvalue weighted by Crippen LogP contribution is 2.14. The Bertz CT molecular complexity index is 744. The van der Waals surface area contributed by atoms with Crippen LogP contribution in [-0.2, 0) is 17.6 Å². The second kappa shape index (κ2) is 9.01. The van der Waals surface area contributed by atoms with E-state index < -0.39 is 17.6 Å². The minimum Gasteiger partial charge on any atom is -0.479 e. The Labute approximate surface area is 152 Å². The third-order valence-electron chi connectivity index (χ3n) is 4.01. The SMILES string of the molecule is CC(O)(CNC(=O)Nc1cccc(CCCc2ccccc2)c1)C(=O)O. The summed E-state index contributed by atoms with van der Waals surface area (Å²) < 4.78 is 0.